The van der Waals surface area contributed by atoms with Gasteiger partial charge in [0.1, 0.15) is 0 Å². The van der Waals surface area contributed by atoms with Crippen LogP contribution in [0.1, 0.15) is 24.1 Å². The van der Waals surface area contributed by atoms with E-state index < -0.39 is 10.0 Å². The molecule has 1 atom stereocenters. The van der Waals surface area contributed by atoms with Crippen LogP contribution in [0, 0.1) is 0 Å². The van der Waals surface area contributed by atoms with Crippen molar-refractivity contribution in [3.8, 4) is 0 Å². The quantitative estimate of drug-likeness (QED) is 0.757. The molecule has 19 heavy (non-hydrogen) atoms. The third-order valence-electron chi connectivity index (χ3n) is 2.72. The van der Waals surface area contributed by atoms with Gasteiger partial charge in [-0.25, -0.2) is 13.1 Å². The highest BCUT2D eigenvalue weighted by atomic mass is 32.2. The number of aromatic amines is 1. The summed E-state index contributed by atoms with van der Waals surface area (Å²) in [7, 11) is -3.54. The van der Waals surface area contributed by atoms with Gasteiger partial charge in [-0.2, -0.15) is 5.10 Å². The molecule has 0 aliphatic rings. The largest absolute Gasteiger partial charge is 0.324 e. The minimum Gasteiger partial charge on any atom is -0.324 e. The fourth-order valence-electron chi connectivity index (χ4n) is 1.60. The standard InChI is InChI=1S/C12H16N4O2S/c1-9(13)11-3-2-4-12(5-11)19(17,18)16-8-10-6-14-15-7-10/h2-7,9,16H,8,13H2,1H3,(H,14,15). The number of aromatic nitrogens is 2. The van der Waals surface area contributed by atoms with Gasteiger partial charge in [-0.15, -0.1) is 0 Å². The van der Waals surface area contributed by atoms with Crippen molar-refractivity contribution < 1.29 is 8.42 Å². The summed E-state index contributed by atoms with van der Waals surface area (Å²) in [6.45, 7) is 2.01. The summed E-state index contributed by atoms with van der Waals surface area (Å²) in [6, 6.07) is 6.42. The smallest absolute Gasteiger partial charge is 0.240 e. The Kier molecular flexibility index (Phi) is 3.98. The summed E-state index contributed by atoms with van der Waals surface area (Å²) in [4.78, 5) is 0.214. The van der Waals surface area contributed by atoms with Gasteiger partial charge >= 0.3 is 0 Å². The molecule has 0 saturated carbocycles. The minimum atomic E-state index is -3.54. The number of hydrogen-bond donors (Lipinski definition) is 3. The van der Waals surface area contributed by atoms with Crippen LogP contribution < -0.4 is 10.5 Å². The van der Waals surface area contributed by atoms with Crippen LogP contribution >= 0.6 is 0 Å². The molecule has 1 aromatic carbocycles. The van der Waals surface area contributed by atoms with Gasteiger partial charge in [-0.1, -0.05) is 12.1 Å². The maximum absolute atomic E-state index is 12.1. The molecule has 1 unspecified atom stereocenters. The van der Waals surface area contributed by atoms with Crippen molar-refractivity contribution in [2.45, 2.75) is 24.4 Å². The number of nitrogens with zero attached hydrogens (tertiary/aromatic N) is 1. The van der Waals surface area contributed by atoms with Crippen LogP contribution in [0.3, 0.4) is 0 Å². The average Bonchev–Trinajstić information content (AvgIpc) is 2.90. The van der Waals surface area contributed by atoms with Crippen molar-refractivity contribution in [1.82, 2.24) is 14.9 Å². The van der Waals surface area contributed by atoms with Crippen molar-refractivity contribution in [3.63, 3.8) is 0 Å². The highest BCUT2D eigenvalue weighted by Gasteiger charge is 2.15. The van der Waals surface area contributed by atoms with Crippen LogP contribution in [0.2, 0.25) is 0 Å². The maximum Gasteiger partial charge on any atom is 0.240 e. The molecule has 0 fully saturated rings. The van der Waals surface area contributed by atoms with Gasteiger partial charge < -0.3 is 5.73 Å². The highest BCUT2D eigenvalue weighted by molar-refractivity contribution is 7.89. The number of nitrogens with one attached hydrogen (secondary N) is 2. The maximum atomic E-state index is 12.1. The van der Waals surface area contributed by atoms with Gasteiger partial charge in [-0.3, -0.25) is 5.10 Å². The molecule has 6 nitrogen and oxygen atoms in total. The van der Waals surface area contributed by atoms with E-state index >= 15 is 0 Å². The first-order chi connectivity index (χ1) is 8.99. The van der Waals surface area contributed by atoms with E-state index in [0.29, 0.717) is 0 Å². The summed E-state index contributed by atoms with van der Waals surface area (Å²) in [5, 5.41) is 6.38. The van der Waals surface area contributed by atoms with Crippen LogP contribution in [0.4, 0.5) is 0 Å². The summed E-state index contributed by atoms with van der Waals surface area (Å²) < 4.78 is 26.8. The van der Waals surface area contributed by atoms with Crippen molar-refractivity contribution in [1.29, 1.82) is 0 Å². The van der Waals surface area contributed by atoms with Gasteiger partial charge in [-0.05, 0) is 24.6 Å². The van der Waals surface area contributed by atoms with E-state index in [1.54, 1.807) is 36.7 Å². The first-order valence-corrected chi connectivity index (χ1v) is 7.30. The van der Waals surface area contributed by atoms with Gasteiger partial charge in [0.25, 0.3) is 0 Å². The number of rotatable bonds is 5. The summed E-state index contributed by atoms with van der Waals surface area (Å²) in [6.07, 6.45) is 3.21. The third-order valence-corrected chi connectivity index (χ3v) is 4.11. The lowest BCUT2D eigenvalue weighted by Crippen LogP contribution is -2.23. The molecule has 1 heterocycles. The second-order valence-corrected chi connectivity index (χ2v) is 6.06. The second-order valence-electron chi connectivity index (χ2n) is 4.29. The molecule has 0 saturated heterocycles. The average molecular weight is 280 g/mol. The molecular weight excluding hydrogens is 264 g/mol. The van der Waals surface area contributed by atoms with E-state index in [2.05, 4.69) is 14.9 Å². The monoisotopic (exact) mass is 280 g/mol. The predicted octanol–water partition coefficient (Wildman–Crippen LogP) is 0.908. The van der Waals surface area contributed by atoms with Gasteiger partial charge in [0.15, 0.2) is 0 Å². The first kappa shape index (κ1) is 13.7. The molecule has 0 radical (unpaired) electrons. The minimum absolute atomic E-state index is 0.196. The zero-order valence-corrected chi connectivity index (χ0v) is 11.3. The second kappa shape index (κ2) is 5.52. The van der Waals surface area contributed by atoms with Crippen LogP contribution in [0.15, 0.2) is 41.6 Å². The van der Waals surface area contributed by atoms with Gasteiger partial charge in [0, 0.05) is 24.3 Å². The molecule has 1 aromatic heterocycles. The number of H-pyrrole nitrogens is 1. The third kappa shape index (κ3) is 3.40. The van der Waals surface area contributed by atoms with Crippen molar-refractivity contribution >= 4 is 10.0 Å². The normalized spacial score (nSPS) is 13.4. The predicted molar refractivity (Wildman–Crippen MR) is 71.7 cm³/mol. The molecular formula is C12H16N4O2S. The molecule has 0 aliphatic carbocycles. The van der Waals surface area contributed by atoms with E-state index in [9.17, 15) is 8.42 Å². The number of benzene rings is 1. The Morgan fingerprint density at radius 2 is 2.26 bits per heavy atom. The van der Waals surface area contributed by atoms with Crippen LogP contribution in [0.25, 0.3) is 0 Å². The molecule has 2 rings (SSSR count). The Balaban J connectivity index is 2.17. The van der Waals surface area contributed by atoms with Crippen LogP contribution in [-0.2, 0) is 16.6 Å². The van der Waals surface area contributed by atoms with E-state index in [1.165, 1.54) is 0 Å². The van der Waals surface area contributed by atoms with Crippen LogP contribution in [0.5, 0.6) is 0 Å². The molecule has 0 bridgehead atoms. The van der Waals surface area contributed by atoms with Crippen LogP contribution in [-0.4, -0.2) is 18.6 Å². The highest BCUT2D eigenvalue weighted by Crippen LogP contribution is 2.16. The van der Waals surface area contributed by atoms with Gasteiger partial charge in [0.2, 0.25) is 10.0 Å². The Morgan fingerprint density at radius 3 is 2.89 bits per heavy atom. The SMILES string of the molecule is CC(N)c1cccc(S(=O)(=O)NCc2cn[nH]c2)c1. The zero-order chi connectivity index (χ0) is 13.9. The Morgan fingerprint density at radius 1 is 1.47 bits per heavy atom. The molecule has 7 heteroatoms. The zero-order valence-electron chi connectivity index (χ0n) is 10.5. The molecule has 0 amide bonds. The van der Waals surface area contributed by atoms with Crippen molar-refractivity contribution in [3.05, 3.63) is 47.8 Å². The van der Waals surface area contributed by atoms with E-state index in [1.807, 2.05) is 6.92 Å². The molecule has 4 N–H and O–H groups in total. The molecule has 0 spiro atoms. The first-order valence-electron chi connectivity index (χ1n) is 5.82. The van der Waals surface area contributed by atoms with Crippen molar-refractivity contribution in [2.75, 3.05) is 0 Å². The number of nitrogens with two attached hydrogens (primary N) is 1. The Labute approximate surface area is 112 Å². The van der Waals surface area contributed by atoms with E-state index in [4.69, 9.17) is 5.73 Å². The summed E-state index contributed by atoms with van der Waals surface area (Å²) in [5.74, 6) is 0. The lowest BCUT2D eigenvalue weighted by Gasteiger charge is -2.09. The van der Waals surface area contributed by atoms with Crippen molar-refractivity contribution in [2.24, 2.45) is 5.73 Å². The fourth-order valence-corrected chi connectivity index (χ4v) is 2.67. The molecule has 0 aliphatic heterocycles. The Hall–Kier alpha value is -1.70. The lowest BCUT2D eigenvalue weighted by atomic mass is 10.1. The molecule has 102 valence electrons. The number of sulfonamides is 1. The number of hydrogen-bond acceptors (Lipinski definition) is 4. The molecule has 2 aromatic rings. The van der Waals surface area contributed by atoms with Gasteiger partial charge in [0.05, 0.1) is 11.1 Å². The lowest BCUT2D eigenvalue weighted by molar-refractivity contribution is 0.581. The van der Waals surface area contributed by atoms with E-state index in [0.717, 1.165) is 11.1 Å². The topological polar surface area (TPSA) is 101 Å². The fraction of sp³-hybridized carbons (Fsp3) is 0.250. The van der Waals surface area contributed by atoms with E-state index in [-0.39, 0.29) is 17.5 Å². The summed E-state index contributed by atoms with van der Waals surface area (Å²) in [5.41, 5.74) is 7.30. The Bertz CT molecular complexity index is 636. The summed E-state index contributed by atoms with van der Waals surface area (Å²) >= 11 is 0.